The van der Waals surface area contributed by atoms with Gasteiger partial charge in [-0.1, -0.05) is 25.7 Å². The number of rotatable bonds is 5. The first kappa shape index (κ1) is 13.8. The monoisotopic (exact) mass is 255 g/mol. The Morgan fingerprint density at radius 1 is 1.44 bits per heavy atom. The molecule has 2 atom stereocenters. The quantitative estimate of drug-likeness (QED) is 0.784. The Labute approximate surface area is 109 Å². The molecule has 1 aliphatic heterocycles. The van der Waals surface area contributed by atoms with E-state index in [-0.39, 0.29) is 12.0 Å². The first-order chi connectivity index (χ1) is 8.60. The molecule has 0 aromatic heterocycles. The van der Waals surface area contributed by atoms with Crippen molar-refractivity contribution in [3.8, 4) is 0 Å². The van der Waals surface area contributed by atoms with Gasteiger partial charge in [0.25, 0.3) is 0 Å². The fraction of sp³-hybridized carbons (Fsp3) is 0.929. The number of amides is 1. The van der Waals surface area contributed by atoms with Gasteiger partial charge >= 0.3 is 0 Å². The minimum absolute atomic E-state index is 0.0643. The van der Waals surface area contributed by atoms with Gasteiger partial charge in [0, 0.05) is 26.0 Å². The summed E-state index contributed by atoms with van der Waals surface area (Å²) in [5, 5.41) is 13.1. The Hall–Kier alpha value is -0.610. The maximum absolute atomic E-state index is 11.7. The average Bonchev–Trinajstić information content (AvgIpc) is 2.96. The van der Waals surface area contributed by atoms with E-state index in [1.54, 1.807) is 0 Å². The van der Waals surface area contributed by atoms with Crippen LogP contribution in [0.5, 0.6) is 0 Å². The lowest BCUT2D eigenvalue weighted by atomic mass is 9.96. The zero-order valence-electron chi connectivity index (χ0n) is 11.3. The molecule has 2 aliphatic rings. The van der Waals surface area contributed by atoms with Gasteiger partial charge < -0.3 is 15.2 Å². The predicted octanol–water partition coefficient (Wildman–Crippen LogP) is 1.61. The van der Waals surface area contributed by atoms with Gasteiger partial charge in [0.1, 0.15) is 5.60 Å². The highest BCUT2D eigenvalue weighted by atomic mass is 16.5. The number of ether oxygens (including phenoxy) is 1. The van der Waals surface area contributed by atoms with Gasteiger partial charge in [0.15, 0.2) is 0 Å². The normalized spacial score (nSPS) is 32.9. The second-order valence-corrected chi connectivity index (χ2v) is 5.83. The Kier molecular flexibility index (Phi) is 4.62. The van der Waals surface area contributed by atoms with Crippen molar-refractivity contribution in [2.45, 2.75) is 63.6 Å². The van der Waals surface area contributed by atoms with Crippen molar-refractivity contribution in [2.24, 2.45) is 5.92 Å². The fourth-order valence-electron chi connectivity index (χ4n) is 2.98. The second kappa shape index (κ2) is 6.02. The molecular formula is C14H25NO3. The highest BCUT2D eigenvalue weighted by Gasteiger charge is 2.39. The molecule has 104 valence electrons. The summed E-state index contributed by atoms with van der Waals surface area (Å²) in [6.45, 7) is 2.75. The third kappa shape index (κ3) is 3.45. The number of carbonyl (C=O) groups is 1. The molecule has 1 heterocycles. The van der Waals surface area contributed by atoms with Crippen LogP contribution in [0.1, 0.15) is 51.9 Å². The van der Waals surface area contributed by atoms with Crippen LogP contribution in [0.3, 0.4) is 0 Å². The smallest absolute Gasteiger partial charge is 0.220 e. The van der Waals surface area contributed by atoms with E-state index in [0.29, 0.717) is 26.0 Å². The fourth-order valence-corrected chi connectivity index (χ4v) is 2.98. The molecule has 0 spiro atoms. The summed E-state index contributed by atoms with van der Waals surface area (Å²) in [7, 11) is 0. The molecule has 0 bridgehead atoms. The van der Waals surface area contributed by atoms with Gasteiger partial charge in [-0.15, -0.1) is 0 Å². The van der Waals surface area contributed by atoms with E-state index in [4.69, 9.17) is 4.74 Å². The molecule has 1 saturated heterocycles. The molecule has 2 unspecified atom stereocenters. The maximum atomic E-state index is 11.7. The topological polar surface area (TPSA) is 58.6 Å². The second-order valence-electron chi connectivity index (χ2n) is 5.83. The first-order valence-corrected chi connectivity index (χ1v) is 7.21. The van der Waals surface area contributed by atoms with Crippen LogP contribution >= 0.6 is 0 Å². The van der Waals surface area contributed by atoms with Crippen molar-refractivity contribution < 1.29 is 14.6 Å². The number of hydrogen-bond donors (Lipinski definition) is 2. The van der Waals surface area contributed by atoms with Crippen LogP contribution in [0, 0.1) is 5.92 Å². The van der Waals surface area contributed by atoms with E-state index < -0.39 is 5.60 Å². The van der Waals surface area contributed by atoms with Gasteiger partial charge in [-0.2, -0.15) is 0 Å². The Balaban J connectivity index is 1.65. The number of nitrogens with one attached hydrogen (secondary N) is 1. The first-order valence-electron chi connectivity index (χ1n) is 7.21. The van der Waals surface area contributed by atoms with Crippen LogP contribution in [-0.4, -0.2) is 35.9 Å². The van der Waals surface area contributed by atoms with Crippen LogP contribution < -0.4 is 5.32 Å². The lowest BCUT2D eigenvalue weighted by Crippen LogP contribution is -2.47. The van der Waals surface area contributed by atoms with E-state index in [9.17, 15) is 9.90 Å². The Morgan fingerprint density at radius 2 is 2.17 bits per heavy atom. The molecule has 0 radical (unpaired) electrons. The van der Waals surface area contributed by atoms with Crippen LogP contribution in [0.15, 0.2) is 0 Å². The van der Waals surface area contributed by atoms with E-state index in [2.05, 4.69) is 5.32 Å². The van der Waals surface area contributed by atoms with Crippen molar-refractivity contribution in [1.29, 1.82) is 0 Å². The zero-order chi connectivity index (χ0) is 13.0. The zero-order valence-corrected chi connectivity index (χ0v) is 11.3. The van der Waals surface area contributed by atoms with Gasteiger partial charge in [0.05, 0.1) is 6.10 Å². The predicted molar refractivity (Wildman–Crippen MR) is 69.2 cm³/mol. The van der Waals surface area contributed by atoms with E-state index in [0.717, 1.165) is 12.3 Å². The molecule has 0 aromatic rings. The van der Waals surface area contributed by atoms with Crippen molar-refractivity contribution >= 4 is 5.91 Å². The summed E-state index contributed by atoms with van der Waals surface area (Å²) in [5.74, 6) is 0.807. The third-order valence-corrected chi connectivity index (χ3v) is 4.51. The standard InChI is InChI=1S/C14H25NO3/c1-11-14(17,8-9-18-11)10-15-13(16)7-6-12-4-2-3-5-12/h11-12,17H,2-10H2,1H3,(H,15,16). The van der Waals surface area contributed by atoms with Gasteiger partial charge in [-0.05, 0) is 19.3 Å². The van der Waals surface area contributed by atoms with E-state index in [1.807, 2.05) is 6.92 Å². The summed E-state index contributed by atoms with van der Waals surface area (Å²) < 4.78 is 5.34. The molecule has 0 aromatic carbocycles. The number of aliphatic hydroxyl groups is 1. The molecule has 2 rings (SSSR count). The minimum Gasteiger partial charge on any atom is -0.385 e. The highest BCUT2D eigenvalue weighted by molar-refractivity contribution is 5.75. The van der Waals surface area contributed by atoms with Crippen LogP contribution in [0.4, 0.5) is 0 Å². The van der Waals surface area contributed by atoms with Crippen molar-refractivity contribution in [3.63, 3.8) is 0 Å². The lowest BCUT2D eigenvalue weighted by Gasteiger charge is -2.26. The molecule has 1 aliphatic carbocycles. The van der Waals surface area contributed by atoms with Gasteiger partial charge in [0.2, 0.25) is 5.91 Å². The van der Waals surface area contributed by atoms with Crippen molar-refractivity contribution in [1.82, 2.24) is 5.32 Å². The molecule has 2 N–H and O–H groups in total. The lowest BCUT2D eigenvalue weighted by molar-refractivity contribution is -0.123. The summed E-state index contributed by atoms with van der Waals surface area (Å²) >= 11 is 0. The Morgan fingerprint density at radius 3 is 2.78 bits per heavy atom. The van der Waals surface area contributed by atoms with Crippen molar-refractivity contribution in [3.05, 3.63) is 0 Å². The molecule has 1 saturated carbocycles. The summed E-state index contributed by atoms with van der Waals surface area (Å²) in [5.41, 5.74) is -0.872. The minimum atomic E-state index is -0.872. The van der Waals surface area contributed by atoms with Crippen LogP contribution in [0.25, 0.3) is 0 Å². The van der Waals surface area contributed by atoms with E-state index >= 15 is 0 Å². The van der Waals surface area contributed by atoms with E-state index in [1.165, 1.54) is 25.7 Å². The summed E-state index contributed by atoms with van der Waals surface area (Å²) in [6.07, 6.45) is 7.21. The summed E-state index contributed by atoms with van der Waals surface area (Å²) in [4.78, 5) is 11.7. The Bertz CT molecular complexity index is 289. The molecule has 18 heavy (non-hydrogen) atoms. The molecule has 1 amide bonds. The van der Waals surface area contributed by atoms with Gasteiger partial charge in [-0.25, -0.2) is 0 Å². The van der Waals surface area contributed by atoms with Crippen LogP contribution in [-0.2, 0) is 9.53 Å². The third-order valence-electron chi connectivity index (χ3n) is 4.51. The number of carbonyl (C=O) groups excluding carboxylic acids is 1. The SMILES string of the molecule is CC1OCCC1(O)CNC(=O)CCC1CCCC1. The molecule has 2 fully saturated rings. The van der Waals surface area contributed by atoms with Crippen LogP contribution in [0.2, 0.25) is 0 Å². The number of hydrogen-bond acceptors (Lipinski definition) is 3. The maximum Gasteiger partial charge on any atom is 0.220 e. The van der Waals surface area contributed by atoms with Crippen molar-refractivity contribution in [2.75, 3.05) is 13.2 Å². The molecular weight excluding hydrogens is 230 g/mol. The molecule has 4 heteroatoms. The van der Waals surface area contributed by atoms with Gasteiger partial charge in [-0.3, -0.25) is 4.79 Å². The molecule has 4 nitrogen and oxygen atoms in total. The average molecular weight is 255 g/mol. The largest absolute Gasteiger partial charge is 0.385 e. The highest BCUT2D eigenvalue weighted by Crippen LogP contribution is 2.28. The summed E-state index contributed by atoms with van der Waals surface area (Å²) in [6, 6.07) is 0.